The highest BCUT2D eigenvalue weighted by atomic mass is 16.2. The number of hydrogen-bond donors (Lipinski definition) is 3. The first-order valence-electron chi connectivity index (χ1n) is 7.60. The fraction of sp³-hybridized carbons (Fsp3) is 0.438. The first-order chi connectivity index (χ1) is 10.6. The Morgan fingerprint density at radius 2 is 1.95 bits per heavy atom. The Morgan fingerprint density at radius 1 is 1.14 bits per heavy atom. The molecule has 2 aromatic rings. The zero-order chi connectivity index (χ0) is 15.8. The van der Waals surface area contributed by atoms with Gasteiger partial charge in [-0.15, -0.1) is 0 Å². The van der Waals surface area contributed by atoms with Gasteiger partial charge in [-0.25, -0.2) is 4.98 Å². The molecule has 0 aliphatic carbocycles. The molecule has 1 heterocycles. The maximum atomic E-state index is 11.7. The summed E-state index contributed by atoms with van der Waals surface area (Å²) in [4.78, 5) is 30.0. The topological polar surface area (TPSA) is 86.9 Å². The van der Waals surface area contributed by atoms with Crippen molar-refractivity contribution in [2.45, 2.75) is 39.2 Å². The maximum Gasteiger partial charge on any atom is 0.220 e. The van der Waals surface area contributed by atoms with Gasteiger partial charge in [0.05, 0.1) is 17.6 Å². The number of carbonyl (C=O) groups is 2. The minimum absolute atomic E-state index is 0.0106. The van der Waals surface area contributed by atoms with Gasteiger partial charge in [-0.1, -0.05) is 18.6 Å². The summed E-state index contributed by atoms with van der Waals surface area (Å²) in [7, 11) is 0. The lowest BCUT2D eigenvalue weighted by Gasteiger charge is -2.04. The largest absolute Gasteiger partial charge is 0.356 e. The molecule has 3 N–H and O–H groups in total. The van der Waals surface area contributed by atoms with Crippen LogP contribution >= 0.6 is 0 Å². The Bertz CT molecular complexity index is 603. The molecule has 6 heteroatoms. The van der Waals surface area contributed by atoms with Crippen LogP contribution in [-0.4, -0.2) is 28.3 Å². The summed E-state index contributed by atoms with van der Waals surface area (Å²) in [6.07, 6.45) is 3.15. The predicted octanol–water partition coefficient (Wildman–Crippen LogP) is 1.88. The number of hydrogen-bond acceptors (Lipinski definition) is 3. The normalized spacial score (nSPS) is 10.6. The number of unbranched alkanes of at least 4 members (excludes halogenated alkanes) is 2. The highest BCUT2D eigenvalue weighted by Gasteiger charge is 2.05. The van der Waals surface area contributed by atoms with Crippen molar-refractivity contribution in [1.82, 2.24) is 20.6 Å². The summed E-state index contributed by atoms with van der Waals surface area (Å²) < 4.78 is 0. The number of carbonyl (C=O) groups excluding carboxylic acids is 2. The van der Waals surface area contributed by atoms with Crippen LogP contribution in [0.5, 0.6) is 0 Å². The van der Waals surface area contributed by atoms with Gasteiger partial charge in [-0.3, -0.25) is 9.59 Å². The van der Waals surface area contributed by atoms with E-state index in [-0.39, 0.29) is 11.8 Å². The Balaban J connectivity index is 1.62. The van der Waals surface area contributed by atoms with E-state index in [0.717, 1.165) is 36.1 Å². The molecule has 0 atom stereocenters. The fourth-order valence-electron chi connectivity index (χ4n) is 2.21. The molecule has 0 aliphatic rings. The third-order valence-corrected chi connectivity index (χ3v) is 3.35. The number of rotatable bonds is 8. The second kappa shape index (κ2) is 8.17. The number of nitrogens with one attached hydrogen (secondary N) is 3. The van der Waals surface area contributed by atoms with E-state index in [4.69, 9.17) is 0 Å². The number of H-pyrrole nitrogens is 1. The van der Waals surface area contributed by atoms with Gasteiger partial charge in [0.1, 0.15) is 5.82 Å². The summed E-state index contributed by atoms with van der Waals surface area (Å²) in [6.45, 7) is 2.60. The van der Waals surface area contributed by atoms with Gasteiger partial charge in [-0.05, 0) is 25.0 Å². The van der Waals surface area contributed by atoms with E-state index in [2.05, 4.69) is 20.6 Å². The zero-order valence-corrected chi connectivity index (χ0v) is 12.8. The molecule has 2 rings (SSSR count). The van der Waals surface area contributed by atoms with Gasteiger partial charge in [0.25, 0.3) is 0 Å². The Kier molecular flexibility index (Phi) is 5.94. The maximum absolute atomic E-state index is 11.7. The molecule has 118 valence electrons. The highest BCUT2D eigenvalue weighted by Crippen LogP contribution is 2.10. The molecule has 1 aromatic heterocycles. The average molecular weight is 302 g/mol. The third kappa shape index (κ3) is 5.20. The van der Waals surface area contributed by atoms with Crippen LogP contribution in [0.15, 0.2) is 24.3 Å². The second-order valence-corrected chi connectivity index (χ2v) is 5.27. The average Bonchev–Trinajstić information content (AvgIpc) is 2.91. The van der Waals surface area contributed by atoms with Crippen LogP contribution in [0.4, 0.5) is 0 Å². The van der Waals surface area contributed by atoms with Gasteiger partial charge < -0.3 is 15.6 Å². The van der Waals surface area contributed by atoms with E-state index in [0.29, 0.717) is 19.5 Å². The van der Waals surface area contributed by atoms with Crippen LogP contribution in [0, 0.1) is 0 Å². The van der Waals surface area contributed by atoms with E-state index in [1.165, 1.54) is 6.92 Å². The molecular weight excluding hydrogens is 280 g/mol. The molecule has 6 nitrogen and oxygen atoms in total. The van der Waals surface area contributed by atoms with Gasteiger partial charge in [0.2, 0.25) is 11.8 Å². The predicted molar refractivity (Wildman–Crippen MR) is 85.1 cm³/mol. The molecule has 0 spiro atoms. The third-order valence-electron chi connectivity index (χ3n) is 3.35. The van der Waals surface area contributed by atoms with Gasteiger partial charge in [-0.2, -0.15) is 0 Å². The van der Waals surface area contributed by atoms with Gasteiger partial charge in [0.15, 0.2) is 0 Å². The molecule has 0 unspecified atom stereocenters. The molecular formula is C16H22N4O2. The summed E-state index contributed by atoms with van der Waals surface area (Å²) >= 11 is 0. The van der Waals surface area contributed by atoms with E-state index in [1.807, 2.05) is 24.3 Å². The molecule has 2 amide bonds. The Hall–Kier alpha value is -2.37. The highest BCUT2D eigenvalue weighted by molar-refractivity contribution is 5.76. The summed E-state index contributed by atoms with van der Waals surface area (Å²) in [6, 6.07) is 7.78. The van der Waals surface area contributed by atoms with Crippen molar-refractivity contribution < 1.29 is 9.59 Å². The lowest BCUT2D eigenvalue weighted by Crippen LogP contribution is -2.23. The SMILES string of the molecule is CC(=O)NCCCCCC(=O)NCc1nc2ccccc2[nH]1. The number of nitrogens with zero attached hydrogens (tertiary/aromatic N) is 1. The lowest BCUT2D eigenvalue weighted by atomic mass is 10.2. The summed E-state index contributed by atoms with van der Waals surface area (Å²) in [5.74, 6) is 0.781. The first kappa shape index (κ1) is 16.0. The van der Waals surface area contributed by atoms with Crippen molar-refractivity contribution in [3.63, 3.8) is 0 Å². The van der Waals surface area contributed by atoms with Crippen molar-refractivity contribution in [2.24, 2.45) is 0 Å². The van der Waals surface area contributed by atoms with Gasteiger partial charge in [0, 0.05) is 19.9 Å². The van der Waals surface area contributed by atoms with Crippen molar-refractivity contribution >= 4 is 22.8 Å². The lowest BCUT2D eigenvalue weighted by molar-refractivity contribution is -0.121. The Labute approximate surface area is 129 Å². The summed E-state index contributed by atoms with van der Waals surface area (Å²) in [5.41, 5.74) is 1.88. The zero-order valence-electron chi connectivity index (χ0n) is 12.8. The minimum atomic E-state index is -0.0106. The Morgan fingerprint density at radius 3 is 2.73 bits per heavy atom. The number of fused-ring (bicyclic) bond motifs is 1. The van der Waals surface area contributed by atoms with E-state index < -0.39 is 0 Å². The van der Waals surface area contributed by atoms with Crippen molar-refractivity contribution in [3.8, 4) is 0 Å². The van der Waals surface area contributed by atoms with Gasteiger partial charge >= 0.3 is 0 Å². The number of aromatic amines is 1. The van der Waals surface area contributed by atoms with Crippen LogP contribution in [0.3, 0.4) is 0 Å². The molecule has 0 saturated heterocycles. The van der Waals surface area contributed by atoms with E-state index in [9.17, 15) is 9.59 Å². The van der Waals surface area contributed by atoms with E-state index >= 15 is 0 Å². The standard InChI is InChI=1S/C16H22N4O2/c1-12(21)17-10-6-2-3-9-16(22)18-11-15-19-13-7-4-5-8-14(13)20-15/h4-5,7-8H,2-3,6,9-11H2,1H3,(H,17,21)(H,18,22)(H,19,20). The number of amides is 2. The van der Waals surface area contributed by atoms with Crippen LogP contribution in [0.1, 0.15) is 38.4 Å². The molecule has 0 saturated carbocycles. The minimum Gasteiger partial charge on any atom is -0.356 e. The smallest absolute Gasteiger partial charge is 0.220 e. The number of para-hydroxylation sites is 2. The number of benzene rings is 1. The molecule has 0 radical (unpaired) electrons. The van der Waals surface area contributed by atoms with Crippen LogP contribution in [-0.2, 0) is 16.1 Å². The monoisotopic (exact) mass is 302 g/mol. The number of aromatic nitrogens is 2. The molecule has 0 bridgehead atoms. The molecule has 0 fully saturated rings. The molecule has 0 aliphatic heterocycles. The van der Waals surface area contributed by atoms with Crippen molar-refractivity contribution in [3.05, 3.63) is 30.1 Å². The first-order valence-corrected chi connectivity index (χ1v) is 7.60. The van der Waals surface area contributed by atoms with E-state index in [1.54, 1.807) is 0 Å². The van der Waals surface area contributed by atoms with Crippen LogP contribution in [0.2, 0.25) is 0 Å². The molecule has 1 aromatic carbocycles. The second-order valence-electron chi connectivity index (χ2n) is 5.27. The van der Waals surface area contributed by atoms with Crippen molar-refractivity contribution in [2.75, 3.05) is 6.54 Å². The summed E-state index contributed by atoms with van der Waals surface area (Å²) in [5, 5.41) is 5.61. The van der Waals surface area contributed by atoms with Crippen molar-refractivity contribution in [1.29, 1.82) is 0 Å². The van der Waals surface area contributed by atoms with Crippen LogP contribution in [0.25, 0.3) is 11.0 Å². The number of imidazole rings is 1. The van der Waals surface area contributed by atoms with Crippen LogP contribution < -0.4 is 10.6 Å². The molecule has 22 heavy (non-hydrogen) atoms. The quantitative estimate of drug-likeness (QED) is 0.651. The fourth-order valence-corrected chi connectivity index (χ4v) is 2.21.